The van der Waals surface area contributed by atoms with Crippen LogP contribution in [0.15, 0.2) is 24.3 Å². The van der Waals surface area contributed by atoms with Crippen molar-refractivity contribution in [3.05, 3.63) is 29.8 Å². The zero-order valence-electron chi connectivity index (χ0n) is 17.8. The van der Waals surface area contributed by atoms with E-state index in [2.05, 4.69) is 19.2 Å². The highest BCUT2D eigenvalue weighted by Crippen LogP contribution is 2.17. The Kier molecular flexibility index (Phi) is 13.1. The zero-order chi connectivity index (χ0) is 20.6. The third-order valence-corrected chi connectivity index (χ3v) is 5.20. The minimum Gasteiger partial charge on any atom is -0.480 e. The molecule has 1 rings (SSSR count). The van der Waals surface area contributed by atoms with Gasteiger partial charge in [-0.1, -0.05) is 78.1 Å². The number of carboxylic acids is 1. The van der Waals surface area contributed by atoms with Crippen molar-refractivity contribution in [2.75, 3.05) is 5.32 Å². The smallest absolute Gasteiger partial charge is 0.326 e. The van der Waals surface area contributed by atoms with Crippen LogP contribution in [0.2, 0.25) is 0 Å². The van der Waals surface area contributed by atoms with Crippen LogP contribution in [0.25, 0.3) is 0 Å². The van der Waals surface area contributed by atoms with Crippen molar-refractivity contribution in [3.63, 3.8) is 0 Å². The number of unbranched alkanes of at least 4 members (excludes halogenated alkanes) is 9. The number of nitrogens with one attached hydrogen (secondary N) is 1. The van der Waals surface area contributed by atoms with Gasteiger partial charge in [-0.2, -0.15) is 0 Å². The van der Waals surface area contributed by atoms with E-state index < -0.39 is 12.0 Å². The molecular weight excluding hydrogens is 350 g/mol. The van der Waals surface area contributed by atoms with Crippen LogP contribution in [0, 0.1) is 0 Å². The largest absolute Gasteiger partial charge is 0.480 e. The number of carbonyl (C=O) groups is 2. The van der Waals surface area contributed by atoms with Crippen LogP contribution in [0.3, 0.4) is 0 Å². The van der Waals surface area contributed by atoms with Crippen molar-refractivity contribution < 1.29 is 14.7 Å². The molecule has 4 heteroatoms. The van der Waals surface area contributed by atoms with Gasteiger partial charge in [-0.3, -0.25) is 4.79 Å². The number of benzene rings is 1. The molecule has 0 radical (unpaired) electrons. The lowest BCUT2D eigenvalue weighted by atomic mass is 10.0. The number of anilines is 1. The minimum atomic E-state index is -0.819. The van der Waals surface area contributed by atoms with Gasteiger partial charge in [0.05, 0.1) is 0 Å². The van der Waals surface area contributed by atoms with E-state index in [1.54, 1.807) is 12.1 Å². The van der Waals surface area contributed by atoms with Gasteiger partial charge < -0.3 is 10.4 Å². The molecule has 158 valence electrons. The Morgan fingerprint density at radius 3 is 1.93 bits per heavy atom. The zero-order valence-corrected chi connectivity index (χ0v) is 17.8. The Balaban J connectivity index is 2.40. The highest BCUT2D eigenvalue weighted by atomic mass is 16.4. The number of aliphatic carboxylic acids is 1. The maximum absolute atomic E-state index is 12.3. The standard InChI is InChI=1S/C24H39NO3/c1-3-5-7-9-11-12-14-22(24(27)28)25-21-18-16-20(17-19-21)23(26)15-13-10-8-6-4-2/h16-19,22,25H,3-15H2,1-2H3,(H,27,28). The number of Topliss-reactive ketones (excluding diaryl/α,β-unsaturated/α-hetero) is 1. The van der Waals surface area contributed by atoms with E-state index in [0.29, 0.717) is 18.4 Å². The molecular formula is C24H39NO3. The normalized spacial score (nSPS) is 11.9. The highest BCUT2D eigenvalue weighted by molar-refractivity contribution is 5.96. The molecule has 1 unspecified atom stereocenters. The summed E-state index contributed by atoms with van der Waals surface area (Å²) >= 11 is 0. The van der Waals surface area contributed by atoms with Gasteiger partial charge in [0.2, 0.25) is 0 Å². The number of carbonyl (C=O) groups excluding carboxylic acids is 1. The summed E-state index contributed by atoms with van der Waals surface area (Å²) in [7, 11) is 0. The molecule has 0 amide bonds. The second kappa shape index (κ2) is 15.1. The van der Waals surface area contributed by atoms with Gasteiger partial charge in [-0.05, 0) is 37.1 Å². The number of hydrogen-bond donors (Lipinski definition) is 2. The van der Waals surface area contributed by atoms with E-state index in [1.165, 1.54) is 44.9 Å². The fourth-order valence-corrected chi connectivity index (χ4v) is 3.37. The fraction of sp³-hybridized carbons (Fsp3) is 0.667. The lowest BCUT2D eigenvalue weighted by molar-refractivity contribution is -0.138. The molecule has 4 nitrogen and oxygen atoms in total. The topological polar surface area (TPSA) is 66.4 Å². The van der Waals surface area contributed by atoms with Crippen molar-refractivity contribution in [2.45, 2.75) is 103 Å². The molecule has 2 N–H and O–H groups in total. The summed E-state index contributed by atoms with van der Waals surface area (Å²) in [5.41, 5.74) is 1.47. The van der Waals surface area contributed by atoms with Gasteiger partial charge >= 0.3 is 5.97 Å². The van der Waals surface area contributed by atoms with E-state index in [-0.39, 0.29) is 5.78 Å². The quantitative estimate of drug-likeness (QED) is 0.226. The van der Waals surface area contributed by atoms with Gasteiger partial charge in [0.1, 0.15) is 6.04 Å². The van der Waals surface area contributed by atoms with Crippen LogP contribution >= 0.6 is 0 Å². The molecule has 1 atom stereocenters. The predicted octanol–water partition coefficient (Wildman–Crippen LogP) is 6.85. The molecule has 0 aliphatic heterocycles. The molecule has 0 saturated carbocycles. The van der Waals surface area contributed by atoms with E-state index in [4.69, 9.17) is 0 Å². The van der Waals surface area contributed by atoms with E-state index in [0.717, 1.165) is 31.4 Å². The summed E-state index contributed by atoms with van der Waals surface area (Å²) in [5.74, 6) is -0.647. The Labute approximate surface area is 171 Å². The van der Waals surface area contributed by atoms with Crippen molar-refractivity contribution in [1.82, 2.24) is 0 Å². The van der Waals surface area contributed by atoms with Crippen molar-refractivity contribution in [1.29, 1.82) is 0 Å². The number of rotatable bonds is 17. The SMILES string of the molecule is CCCCCCCCC(Nc1ccc(C(=O)CCCCCCC)cc1)C(=O)O. The summed E-state index contributed by atoms with van der Waals surface area (Å²) < 4.78 is 0. The first-order valence-corrected chi connectivity index (χ1v) is 11.2. The first-order valence-electron chi connectivity index (χ1n) is 11.2. The average molecular weight is 390 g/mol. The van der Waals surface area contributed by atoms with Crippen LogP contribution in [-0.4, -0.2) is 22.9 Å². The molecule has 1 aromatic rings. The van der Waals surface area contributed by atoms with E-state index >= 15 is 0 Å². The molecule has 0 aliphatic rings. The number of ketones is 1. The van der Waals surface area contributed by atoms with Gasteiger partial charge in [0.25, 0.3) is 0 Å². The third-order valence-electron chi connectivity index (χ3n) is 5.20. The maximum atomic E-state index is 12.3. The Morgan fingerprint density at radius 1 is 0.821 bits per heavy atom. The van der Waals surface area contributed by atoms with E-state index in [1.807, 2.05) is 12.1 Å². The monoisotopic (exact) mass is 389 g/mol. The second-order valence-corrected chi connectivity index (χ2v) is 7.76. The number of hydrogen-bond acceptors (Lipinski definition) is 3. The molecule has 0 fully saturated rings. The predicted molar refractivity (Wildman–Crippen MR) is 117 cm³/mol. The molecule has 28 heavy (non-hydrogen) atoms. The van der Waals surface area contributed by atoms with Crippen molar-refractivity contribution >= 4 is 17.4 Å². The van der Waals surface area contributed by atoms with Gasteiger partial charge in [0.15, 0.2) is 5.78 Å². The van der Waals surface area contributed by atoms with Crippen LogP contribution < -0.4 is 5.32 Å². The molecule has 1 aromatic carbocycles. The molecule has 0 saturated heterocycles. The third kappa shape index (κ3) is 10.5. The summed E-state index contributed by atoms with van der Waals surface area (Å²) in [4.78, 5) is 23.8. The molecule has 0 aliphatic carbocycles. The minimum absolute atomic E-state index is 0.171. The Bertz CT molecular complexity index is 553. The van der Waals surface area contributed by atoms with Gasteiger partial charge in [-0.15, -0.1) is 0 Å². The van der Waals surface area contributed by atoms with Crippen LogP contribution in [0.5, 0.6) is 0 Å². The summed E-state index contributed by atoms with van der Waals surface area (Å²) in [6.45, 7) is 4.38. The van der Waals surface area contributed by atoms with Crippen LogP contribution in [-0.2, 0) is 4.79 Å². The lowest BCUT2D eigenvalue weighted by Crippen LogP contribution is -2.29. The lowest BCUT2D eigenvalue weighted by Gasteiger charge is -2.16. The second-order valence-electron chi connectivity index (χ2n) is 7.76. The maximum Gasteiger partial charge on any atom is 0.326 e. The highest BCUT2D eigenvalue weighted by Gasteiger charge is 2.16. The van der Waals surface area contributed by atoms with Gasteiger partial charge in [-0.25, -0.2) is 4.79 Å². The summed E-state index contributed by atoms with van der Waals surface area (Å²) in [5, 5.41) is 12.6. The summed E-state index contributed by atoms with van der Waals surface area (Å²) in [6, 6.07) is 6.68. The summed E-state index contributed by atoms with van der Waals surface area (Å²) in [6.07, 6.45) is 13.8. The molecule has 0 heterocycles. The molecule has 0 aromatic heterocycles. The number of carboxylic acid groups (broad SMARTS) is 1. The average Bonchev–Trinajstić information content (AvgIpc) is 2.69. The fourth-order valence-electron chi connectivity index (χ4n) is 3.37. The Hall–Kier alpha value is -1.84. The Morgan fingerprint density at radius 2 is 1.36 bits per heavy atom. The first kappa shape index (κ1) is 24.2. The van der Waals surface area contributed by atoms with Crippen LogP contribution in [0.1, 0.15) is 108 Å². The van der Waals surface area contributed by atoms with Gasteiger partial charge in [0, 0.05) is 17.7 Å². The van der Waals surface area contributed by atoms with Crippen molar-refractivity contribution in [3.8, 4) is 0 Å². The molecule has 0 bridgehead atoms. The molecule has 0 spiro atoms. The van der Waals surface area contributed by atoms with Crippen molar-refractivity contribution in [2.24, 2.45) is 0 Å². The first-order chi connectivity index (χ1) is 13.6. The van der Waals surface area contributed by atoms with Crippen LogP contribution in [0.4, 0.5) is 5.69 Å². The van der Waals surface area contributed by atoms with E-state index in [9.17, 15) is 14.7 Å².